The number of fused-ring (bicyclic) bond motifs is 1. The maximum absolute atomic E-state index is 12.7. The van der Waals surface area contributed by atoms with Crippen LogP contribution in [0.4, 0.5) is 0 Å². The Balaban J connectivity index is 1.70. The molecule has 2 amide bonds. The Morgan fingerprint density at radius 3 is 2.76 bits per heavy atom. The van der Waals surface area contributed by atoms with Crippen LogP contribution in [0.15, 0.2) is 6.33 Å². The summed E-state index contributed by atoms with van der Waals surface area (Å²) in [7, 11) is 0. The van der Waals surface area contributed by atoms with Gasteiger partial charge in [-0.2, -0.15) is 0 Å². The SMILES string of the molecule is CC1(CCBr)S[C@H]2C(NC(=O)Cn3cnnn3)C(=O)N2C1C(=O)OCC(Cl)(Cl)Cl. The molecule has 4 atom stereocenters. The predicted octanol–water partition coefficient (Wildman–Crippen LogP) is 0.899. The van der Waals surface area contributed by atoms with Gasteiger partial charge in [0, 0.05) is 10.1 Å². The molecule has 0 radical (unpaired) electrons. The van der Waals surface area contributed by atoms with Crippen molar-refractivity contribution >= 4 is 80.3 Å². The molecule has 2 fully saturated rings. The summed E-state index contributed by atoms with van der Waals surface area (Å²) in [5.74, 6) is -1.44. The number of nitrogens with one attached hydrogen (secondary N) is 1. The highest BCUT2D eigenvalue weighted by Gasteiger charge is 2.65. The van der Waals surface area contributed by atoms with Crippen molar-refractivity contribution in [1.29, 1.82) is 0 Å². The van der Waals surface area contributed by atoms with Crippen LogP contribution in [0.5, 0.6) is 0 Å². The molecular formula is C14H16BrCl3N6O4S. The third-order valence-corrected chi connectivity index (χ3v) is 6.96. The number of hydrogen-bond acceptors (Lipinski definition) is 8. The van der Waals surface area contributed by atoms with Gasteiger partial charge in [-0.25, -0.2) is 9.48 Å². The summed E-state index contributed by atoms with van der Waals surface area (Å²) in [6.45, 7) is 1.31. The summed E-state index contributed by atoms with van der Waals surface area (Å²) in [4.78, 5) is 39.1. The minimum absolute atomic E-state index is 0.123. The number of tetrazole rings is 1. The molecule has 0 saturated carbocycles. The zero-order valence-corrected chi connectivity index (χ0v) is 19.6. The Kier molecular flexibility index (Phi) is 6.88. The molecule has 160 valence electrons. The average molecular weight is 551 g/mol. The number of ether oxygens (including phenoxy) is 1. The summed E-state index contributed by atoms with van der Waals surface area (Å²) >= 11 is 21.8. The van der Waals surface area contributed by atoms with Gasteiger partial charge in [0.05, 0.1) is 0 Å². The van der Waals surface area contributed by atoms with E-state index < -0.39 is 44.5 Å². The van der Waals surface area contributed by atoms with Crippen molar-refractivity contribution in [3.05, 3.63) is 6.33 Å². The number of hydrogen-bond donors (Lipinski definition) is 1. The summed E-state index contributed by atoms with van der Waals surface area (Å²) in [6, 6.07) is -1.62. The Labute approximate surface area is 193 Å². The third-order valence-electron chi connectivity index (χ3n) is 4.53. The smallest absolute Gasteiger partial charge is 0.330 e. The summed E-state index contributed by atoms with van der Waals surface area (Å²) < 4.78 is 4.00. The Bertz CT molecular complexity index is 797. The fourth-order valence-electron chi connectivity index (χ4n) is 3.25. The van der Waals surface area contributed by atoms with Crippen molar-refractivity contribution in [2.45, 2.75) is 45.9 Å². The maximum Gasteiger partial charge on any atom is 0.330 e. The fraction of sp³-hybridized carbons (Fsp3) is 0.714. The summed E-state index contributed by atoms with van der Waals surface area (Å²) in [6.07, 6.45) is 1.87. The maximum atomic E-state index is 12.7. The van der Waals surface area contributed by atoms with E-state index >= 15 is 0 Å². The number of rotatable bonds is 7. The van der Waals surface area contributed by atoms with Crippen LogP contribution in [-0.2, 0) is 25.7 Å². The first-order chi connectivity index (χ1) is 13.6. The lowest BCUT2D eigenvalue weighted by atomic mass is 9.92. The van der Waals surface area contributed by atoms with Gasteiger partial charge >= 0.3 is 5.97 Å². The van der Waals surface area contributed by atoms with E-state index in [9.17, 15) is 14.4 Å². The predicted molar refractivity (Wildman–Crippen MR) is 110 cm³/mol. The highest BCUT2D eigenvalue weighted by atomic mass is 79.9. The molecule has 0 aromatic carbocycles. The lowest BCUT2D eigenvalue weighted by molar-refractivity contribution is -0.164. The monoisotopic (exact) mass is 548 g/mol. The summed E-state index contributed by atoms with van der Waals surface area (Å²) in [5.41, 5.74) is 0. The van der Waals surface area contributed by atoms with Crippen LogP contribution in [-0.4, -0.2) is 80.8 Å². The molecule has 1 aromatic rings. The molecule has 10 nitrogen and oxygen atoms in total. The third kappa shape index (κ3) is 4.92. The van der Waals surface area contributed by atoms with Gasteiger partial charge in [-0.3, -0.25) is 9.59 Å². The molecule has 15 heteroatoms. The number of β-lactam (4-membered cyclic amide) rings is 1. The van der Waals surface area contributed by atoms with Gasteiger partial charge in [0.25, 0.3) is 0 Å². The zero-order valence-electron chi connectivity index (χ0n) is 14.9. The van der Waals surface area contributed by atoms with Gasteiger partial charge < -0.3 is 15.0 Å². The van der Waals surface area contributed by atoms with E-state index in [1.807, 2.05) is 6.92 Å². The second kappa shape index (κ2) is 8.74. The zero-order chi connectivity index (χ0) is 21.4. The first kappa shape index (κ1) is 22.9. The first-order valence-electron chi connectivity index (χ1n) is 8.35. The van der Waals surface area contributed by atoms with Crippen LogP contribution in [0.1, 0.15) is 13.3 Å². The Morgan fingerprint density at radius 2 is 2.17 bits per heavy atom. The number of halogens is 4. The molecule has 2 aliphatic rings. The molecule has 0 bridgehead atoms. The van der Waals surface area contributed by atoms with E-state index in [1.54, 1.807) is 0 Å². The second-order valence-electron chi connectivity index (χ2n) is 6.68. The molecule has 0 spiro atoms. The van der Waals surface area contributed by atoms with Crippen molar-refractivity contribution < 1.29 is 19.1 Å². The minimum atomic E-state index is -1.75. The quantitative estimate of drug-likeness (QED) is 0.302. The van der Waals surface area contributed by atoms with Crippen molar-refractivity contribution in [3.8, 4) is 0 Å². The minimum Gasteiger partial charge on any atom is -0.460 e. The number of esters is 1. The van der Waals surface area contributed by atoms with Crippen LogP contribution in [0.3, 0.4) is 0 Å². The fourth-order valence-corrected chi connectivity index (χ4v) is 6.27. The highest BCUT2D eigenvalue weighted by molar-refractivity contribution is 9.09. The van der Waals surface area contributed by atoms with Crippen LogP contribution < -0.4 is 5.32 Å². The van der Waals surface area contributed by atoms with Crippen LogP contribution >= 0.6 is 62.5 Å². The normalized spacial score (nSPS) is 28.7. The van der Waals surface area contributed by atoms with Crippen LogP contribution in [0.25, 0.3) is 0 Å². The number of carbonyl (C=O) groups excluding carboxylic acids is 3. The summed E-state index contributed by atoms with van der Waals surface area (Å²) in [5, 5.41) is 13.4. The van der Waals surface area contributed by atoms with Crippen molar-refractivity contribution in [2.24, 2.45) is 0 Å². The molecule has 0 aliphatic carbocycles. The van der Waals surface area contributed by atoms with E-state index in [0.29, 0.717) is 11.8 Å². The van der Waals surface area contributed by atoms with E-state index in [-0.39, 0.29) is 12.5 Å². The molecule has 29 heavy (non-hydrogen) atoms. The lowest BCUT2D eigenvalue weighted by Crippen LogP contribution is -2.71. The number of nitrogens with zero attached hydrogens (tertiary/aromatic N) is 5. The Morgan fingerprint density at radius 1 is 1.45 bits per heavy atom. The number of amides is 2. The molecular weight excluding hydrogens is 535 g/mol. The van der Waals surface area contributed by atoms with Gasteiger partial charge in [0.15, 0.2) is 0 Å². The Hall–Kier alpha value is -0.820. The molecule has 2 saturated heterocycles. The number of alkyl halides is 4. The molecule has 1 N–H and O–H groups in total. The van der Waals surface area contributed by atoms with Crippen molar-refractivity contribution in [2.75, 3.05) is 11.9 Å². The van der Waals surface area contributed by atoms with Crippen molar-refractivity contribution in [3.63, 3.8) is 0 Å². The number of carbonyl (C=O) groups is 3. The number of thioether (sulfide) groups is 1. The van der Waals surface area contributed by atoms with E-state index in [2.05, 4.69) is 36.8 Å². The van der Waals surface area contributed by atoms with Gasteiger partial charge in [-0.15, -0.1) is 16.9 Å². The van der Waals surface area contributed by atoms with Gasteiger partial charge in [0.1, 0.15) is 36.9 Å². The van der Waals surface area contributed by atoms with Gasteiger partial charge in [-0.05, 0) is 23.8 Å². The largest absolute Gasteiger partial charge is 0.460 e. The van der Waals surface area contributed by atoms with Crippen molar-refractivity contribution in [1.82, 2.24) is 30.4 Å². The van der Waals surface area contributed by atoms with E-state index in [1.165, 1.54) is 27.7 Å². The van der Waals surface area contributed by atoms with Crippen LogP contribution in [0.2, 0.25) is 0 Å². The first-order valence-corrected chi connectivity index (χ1v) is 11.5. The molecule has 3 heterocycles. The standard InChI is InChI=1S/C14H16BrCl3N6O4S/c1-13(2-3-15)9(12(27)28-5-14(16,17)18)24-10(26)8(11(24)29-13)20-7(25)4-23-6-19-21-22-23/h6,8-9,11H,2-5H2,1H3,(H,20,25)/t8?,9?,11-,13?/m0/s1. The average Bonchev–Trinajstić information content (AvgIpc) is 3.22. The highest BCUT2D eigenvalue weighted by Crippen LogP contribution is 2.53. The van der Waals surface area contributed by atoms with E-state index in [0.717, 1.165) is 0 Å². The molecule has 2 aliphatic heterocycles. The molecule has 1 aromatic heterocycles. The number of aromatic nitrogens is 4. The van der Waals surface area contributed by atoms with E-state index in [4.69, 9.17) is 39.5 Å². The van der Waals surface area contributed by atoms with Gasteiger partial charge in [0.2, 0.25) is 15.6 Å². The second-order valence-corrected chi connectivity index (χ2v) is 11.6. The van der Waals surface area contributed by atoms with Crippen LogP contribution in [0, 0.1) is 0 Å². The lowest BCUT2D eigenvalue weighted by Gasteiger charge is -2.44. The molecule has 3 rings (SSSR count). The van der Waals surface area contributed by atoms with Gasteiger partial charge in [-0.1, -0.05) is 50.7 Å². The molecule has 3 unspecified atom stereocenters. The topological polar surface area (TPSA) is 119 Å².